The molecule has 0 heterocycles. The molecule has 0 aliphatic rings. The van der Waals surface area contributed by atoms with Crippen LogP contribution in [0.15, 0.2) is 18.2 Å². The molecule has 2 unspecified atom stereocenters. The van der Waals surface area contributed by atoms with Crippen LogP contribution in [0.25, 0.3) is 0 Å². The van der Waals surface area contributed by atoms with Gasteiger partial charge < -0.3 is 10.5 Å². The van der Waals surface area contributed by atoms with E-state index in [0.29, 0.717) is 11.7 Å². The lowest BCUT2D eigenvalue weighted by atomic mass is 10.1. The molecule has 0 aromatic heterocycles. The summed E-state index contributed by atoms with van der Waals surface area (Å²) < 4.78 is 19.2. The molecule has 0 saturated heterocycles. The van der Waals surface area contributed by atoms with Crippen LogP contribution < -0.4 is 10.5 Å². The third-order valence-electron chi connectivity index (χ3n) is 2.73. The number of hydrogen-bond donors (Lipinski definition) is 1. The molecule has 16 heavy (non-hydrogen) atoms. The van der Waals surface area contributed by atoms with Gasteiger partial charge >= 0.3 is 0 Å². The normalized spacial score (nSPS) is 14.9. The van der Waals surface area contributed by atoms with Gasteiger partial charge in [-0.2, -0.15) is 0 Å². The summed E-state index contributed by atoms with van der Waals surface area (Å²) in [5.74, 6) is 0.306. The maximum Gasteiger partial charge on any atom is 0.165 e. The topological polar surface area (TPSA) is 35.2 Å². The van der Waals surface area contributed by atoms with Crippen LogP contribution in [0.5, 0.6) is 5.75 Å². The van der Waals surface area contributed by atoms with Gasteiger partial charge in [0.05, 0.1) is 6.10 Å². The van der Waals surface area contributed by atoms with Gasteiger partial charge in [0, 0.05) is 6.04 Å². The molecule has 3 heteroatoms. The molecule has 0 aliphatic carbocycles. The van der Waals surface area contributed by atoms with Gasteiger partial charge in [-0.15, -0.1) is 0 Å². The highest BCUT2D eigenvalue weighted by atomic mass is 19.1. The minimum atomic E-state index is -0.345. The number of benzene rings is 1. The third kappa shape index (κ3) is 3.20. The third-order valence-corrected chi connectivity index (χ3v) is 2.73. The van der Waals surface area contributed by atoms with Crippen molar-refractivity contribution >= 4 is 0 Å². The number of halogens is 1. The van der Waals surface area contributed by atoms with Crippen LogP contribution in [0.1, 0.15) is 39.3 Å². The Morgan fingerprint density at radius 2 is 1.81 bits per heavy atom. The van der Waals surface area contributed by atoms with Crippen molar-refractivity contribution in [2.45, 2.75) is 39.8 Å². The Hall–Kier alpha value is -1.09. The van der Waals surface area contributed by atoms with E-state index < -0.39 is 0 Å². The summed E-state index contributed by atoms with van der Waals surface area (Å²) in [6.45, 7) is 7.84. The number of hydrogen-bond acceptors (Lipinski definition) is 2. The Morgan fingerprint density at radius 1 is 1.19 bits per heavy atom. The smallest absolute Gasteiger partial charge is 0.165 e. The van der Waals surface area contributed by atoms with Gasteiger partial charge in [-0.1, -0.05) is 19.9 Å². The molecule has 2 N–H and O–H groups in total. The van der Waals surface area contributed by atoms with Crippen molar-refractivity contribution in [1.82, 2.24) is 0 Å². The molecule has 0 amide bonds. The van der Waals surface area contributed by atoms with E-state index >= 15 is 0 Å². The summed E-state index contributed by atoms with van der Waals surface area (Å²) in [6.07, 6.45) is -0.00403. The van der Waals surface area contributed by atoms with Crippen LogP contribution in [-0.4, -0.2) is 6.10 Å². The van der Waals surface area contributed by atoms with Gasteiger partial charge in [0.15, 0.2) is 11.6 Å². The average molecular weight is 225 g/mol. The molecule has 2 nitrogen and oxygen atoms in total. The summed E-state index contributed by atoms with van der Waals surface area (Å²) in [7, 11) is 0. The van der Waals surface area contributed by atoms with Gasteiger partial charge in [-0.05, 0) is 37.5 Å². The molecule has 0 radical (unpaired) electrons. The predicted molar refractivity (Wildman–Crippen MR) is 63.9 cm³/mol. The van der Waals surface area contributed by atoms with Crippen molar-refractivity contribution in [3.8, 4) is 5.75 Å². The maximum atomic E-state index is 13.7. The summed E-state index contributed by atoms with van der Waals surface area (Å²) in [5, 5.41) is 0. The highest BCUT2D eigenvalue weighted by Gasteiger charge is 2.12. The summed E-state index contributed by atoms with van der Waals surface area (Å²) in [5.41, 5.74) is 6.45. The predicted octanol–water partition coefficient (Wildman–Crippen LogP) is 3.27. The Balaban J connectivity index is 2.83. The minimum Gasteiger partial charge on any atom is -0.487 e. The first-order valence-electron chi connectivity index (χ1n) is 5.63. The second-order valence-electron chi connectivity index (χ2n) is 4.55. The molecular weight excluding hydrogens is 205 g/mol. The summed E-state index contributed by atoms with van der Waals surface area (Å²) in [4.78, 5) is 0. The Morgan fingerprint density at radius 3 is 2.25 bits per heavy atom. The molecule has 0 aliphatic heterocycles. The van der Waals surface area contributed by atoms with E-state index in [2.05, 4.69) is 0 Å². The lowest BCUT2D eigenvalue weighted by Gasteiger charge is -2.19. The molecule has 0 bridgehead atoms. The van der Waals surface area contributed by atoms with E-state index in [4.69, 9.17) is 10.5 Å². The molecule has 1 aromatic carbocycles. The molecule has 90 valence electrons. The second-order valence-corrected chi connectivity index (χ2v) is 4.55. The van der Waals surface area contributed by atoms with E-state index in [-0.39, 0.29) is 18.0 Å². The number of rotatable bonds is 4. The molecule has 0 saturated carbocycles. The molecule has 0 spiro atoms. The molecular formula is C13H20FNO. The minimum absolute atomic E-state index is 0.00403. The van der Waals surface area contributed by atoms with Gasteiger partial charge in [0.2, 0.25) is 0 Å². The van der Waals surface area contributed by atoms with Crippen LogP contribution in [0.3, 0.4) is 0 Å². The standard InChI is InChI=1S/C13H20FNO/c1-8(2)10(4)16-13-6-5-11(9(3)15)7-12(13)14/h5-10H,15H2,1-4H3. The monoisotopic (exact) mass is 225 g/mol. The van der Waals surface area contributed by atoms with E-state index in [9.17, 15) is 4.39 Å². The van der Waals surface area contributed by atoms with Gasteiger partial charge in [-0.3, -0.25) is 0 Å². The zero-order chi connectivity index (χ0) is 12.3. The zero-order valence-corrected chi connectivity index (χ0v) is 10.3. The van der Waals surface area contributed by atoms with Crippen molar-refractivity contribution in [3.05, 3.63) is 29.6 Å². The van der Waals surface area contributed by atoms with Crippen molar-refractivity contribution in [2.75, 3.05) is 0 Å². The van der Waals surface area contributed by atoms with Crippen molar-refractivity contribution in [2.24, 2.45) is 11.7 Å². The highest BCUT2D eigenvalue weighted by Crippen LogP contribution is 2.23. The molecule has 0 fully saturated rings. The summed E-state index contributed by atoms with van der Waals surface area (Å²) >= 11 is 0. The Labute approximate surface area is 96.6 Å². The largest absolute Gasteiger partial charge is 0.487 e. The van der Waals surface area contributed by atoms with Crippen LogP contribution in [-0.2, 0) is 0 Å². The van der Waals surface area contributed by atoms with Crippen LogP contribution >= 0.6 is 0 Å². The van der Waals surface area contributed by atoms with Crippen LogP contribution in [0.2, 0.25) is 0 Å². The fourth-order valence-corrected chi connectivity index (χ4v) is 1.23. The van der Waals surface area contributed by atoms with Crippen molar-refractivity contribution in [1.29, 1.82) is 0 Å². The van der Waals surface area contributed by atoms with E-state index in [1.807, 2.05) is 27.7 Å². The van der Waals surface area contributed by atoms with Gasteiger partial charge in [0.1, 0.15) is 0 Å². The second kappa shape index (κ2) is 5.30. The van der Waals surface area contributed by atoms with Crippen molar-refractivity contribution < 1.29 is 9.13 Å². The molecule has 1 aromatic rings. The average Bonchev–Trinajstić information content (AvgIpc) is 2.20. The van der Waals surface area contributed by atoms with Gasteiger partial charge in [-0.25, -0.2) is 4.39 Å². The zero-order valence-electron chi connectivity index (χ0n) is 10.3. The maximum absolute atomic E-state index is 13.7. The lowest BCUT2D eigenvalue weighted by Crippen LogP contribution is -2.19. The fraction of sp³-hybridized carbons (Fsp3) is 0.538. The number of nitrogens with two attached hydrogens (primary N) is 1. The quantitative estimate of drug-likeness (QED) is 0.853. The van der Waals surface area contributed by atoms with Gasteiger partial charge in [0.25, 0.3) is 0 Å². The first kappa shape index (κ1) is 13.0. The first-order valence-corrected chi connectivity index (χ1v) is 5.63. The Kier molecular flexibility index (Phi) is 4.30. The Bertz CT molecular complexity index is 350. The van der Waals surface area contributed by atoms with E-state index in [0.717, 1.165) is 5.56 Å². The van der Waals surface area contributed by atoms with Crippen LogP contribution in [0.4, 0.5) is 4.39 Å². The van der Waals surface area contributed by atoms with E-state index in [1.54, 1.807) is 12.1 Å². The number of ether oxygens (including phenoxy) is 1. The molecule has 1 rings (SSSR count). The summed E-state index contributed by atoms with van der Waals surface area (Å²) in [6, 6.07) is 4.72. The fourth-order valence-electron chi connectivity index (χ4n) is 1.23. The van der Waals surface area contributed by atoms with E-state index in [1.165, 1.54) is 6.07 Å². The first-order chi connectivity index (χ1) is 7.41. The SMILES string of the molecule is CC(N)c1ccc(OC(C)C(C)C)c(F)c1. The van der Waals surface area contributed by atoms with Crippen LogP contribution in [0, 0.1) is 11.7 Å². The van der Waals surface area contributed by atoms with Crippen molar-refractivity contribution in [3.63, 3.8) is 0 Å². The molecule has 2 atom stereocenters. The lowest BCUT2D eigenvalue weighted by molar-refractivity contribution is 0.163. The highest BCUT2D eigenvalue weighted by molar-refractivity contribution is 5.30.